The molecule has 1 aliphatic carbocycles. The largest absolute Gasteiger partial charge is 0.331 e. The standard InChI is InChI=1S/C10H16N2O/c1-2-9(13)12-7-6-11-8-10(12)4-3-5-10/h2,11H,1,3-8H2. The van der Waals surface area contributed by atoms with Crippen LogP contribution in [0, 0.1) is 0 Å². The van der Waals surface area contributed by atoms with Crippen molar-refractivity contribution < 1.29 is 4.79 Å². The fraction of sp³-hybridized carbons (Fsp3) is 0.700. The normalized spacial score (nSPS) is 25.4. The van der Waals surface area contributed by atoms with Crippen LogP contribution in [0.4, 0.5) is 0 Å². The third kappa shape index (κ3) is 1.27. The van der Waals surface area contributed by atoms with Crippen LogP contribution in [0.25, 0.3) is 0 Å². The lowest BCUT2D eigenvalue weighted by atomic mass is 9.74. The van der Waals surface area contributed by atoms with Crippen LogP contribution in [0.15, 0.2) is 12.7 Å². The predicted molar refractivity (Wildman–Crippen MR) is 51.4 cm³/mol. The molecule has 0 radical (unpaired) electrons. The summed E-state index contributed by atoms with van der Waals surface area (Å²) in [5, 5.41) is 3.36. The minimum absolute atomic E-state index is 0.0983. The van der Waals surface area contributed by atoms with Crippen molar-refractivity contribution in [1.82, 2.24) is 10.2 Å². The van der Waals surface area contributed by atoms with Gasteiger partial charge in [0.25, 0.3) is 0 Å². The summed E-state index contributed by atoms with van der Waals surface area (Å²) in [6.45, 7) is 6.27. The van der Waals surface area contributed by atoms with Gasteiger partial charge in [-0.05, 0) is 25.3 Å². The average molecular weight is 180 g/mol. The molecule has 3 heteroatoms. The number of nitrogens with zero attached hydrogens (tertiary/aromatic N) is 1. The molecule has 2 rings (SSSR count). The summed E-state index contributed by atoms with van der Waals surface area (Å²) in [4.78, 5) is 13.6. The van der Waals surface area contributed by atoms with Crippen LogP contribution in [0.1, 0.15) is 19.3 Å². The monoisotopic (exact) mass is 180 g/mol. The molecule has 1 saturated heterocycles. The highest BCUT2D eigenvalue weighted by Crippen LogP contribution is 2.38. The van der Waals surface area contributed by atoms with Crippen molar-refractivity contribution in [3.63, 3.8) is 0 Å². The van der Waals surface area contributed by atoms with Gasteiger partial charge in [-0.2, -0.15) is 0 Å². The second kappa shape index (κ2) is 3.14. The highest BCUT2D eigenvalue weighted by molar-refractivity contribution is 5.87. The number of rotatable bonds is 1. The van der Waals surface area contributed by atoms with Crippen molar-refractivity contribution in [2.75, 3.05) is 19.6 Å². The van der Waals surface area contributed by atoms with E-state index in [2.05, 4.69) is 11.9 Å². The van der Waals surface area contributed by atoms with E-state index in [0.29, 0.717) is 0 Å². The Labute approximate surface area is 78.8 Å². The zero-order valence-corrected chi connectivity index (χ0v) is 7.88. The van der Waals surface area contributed by atoms with E-state index in [4.69, 9.17) is 0 Å². The lowest BCUT2D eigenvalue weighted by Crippen LogP contribution is -2.65. The van der Waals surface area contributed by atoms with Crippen LogP contribution in [-0.4, -0.2) is 36.0 Å². The second-order valence-corrected chi connectivity index (χ2v) is 3.95. The van der Waals surface area contributed by atoms with E-state index in [1.165, 1.54) is 12.5 Å². The van der Waals surface area contributed by atoms with Gasteiger partial charge in [-0.1, -0.05) is 6.58 Å². The van der Waals surface area contributed by atoms with Crippen molar-refractivity contribution in [2.45, 2.75) is 24.8 Å². The average Bonchev–Trinajstić information content (AvgIpc) is 2.14. The Kier molecular flexibility index (Phi) is 2.12. The Morgan fingerprint density at radius 1 is 1.54 bits per heavy atom. The van der Waals surface area contributed by atoms with Crippen LogP contribution in [0.3, 0.4) is 0 Å². The minimum Gasteiger partial charge on any atom is -0.331 e. The SMILES string of the molecule is C=CC(=O)N1CCNCC12CCC2. The van der Waals surface area contributed by atoms with E-state index in [1.807, 2.05) is 4.90 Å². The maximum Gasteiger partial charge on any atom is 0.246 e. The highest BCUT2D eigenvalue weighted by Gasteiger charge is 2.45. The van der Waals surface area contributed by atoms with E-state index in [0.717, 1.165) is 32.5 Å². The van der Waals surface area contributed by atoms with Gasteiger partial charge >= 0.3 is 0 Å². The summed E-state index contributed by atoms with van der Waals surface area (Å²) in [7, 11) is 0. The quantitative estimate of drug-likeness (QED) is 0.597. The van der Waals surface area contributed by atoms with Gasteiger partial charge in [-0.25, -0.2) is 0 Å². The van der Waals surface area contributed by atoms with Crippen LogP contribution in [0.5, 0.6) is 0 Å². The summed E-state index contributed by atoms with van der Waals surface area (Å²) < 4.78 is 0. The molecule has 0 atom stereocenters. The molecule has 0 unspecified atom stereocenters. The fourth-order valence-electron chi connectivity index (χ4n) is 2.33. The molecule has 1 heterocycles. The van der Waals surface area contributed by atoms with Crippen LogP contribution >= 0.6 is 0 Å². The third-order valence-corrected chi connectivity index (χ3v) is 3.26. The van der Waals surface area contributed by atoms with Crippen molar-refractivity contribution in [3.05, 3.63) is 12.7 Å². The lowest BCUT2D eigenvalue weighted by molar-refractivity contribution is -0.138. The van der Waals surface area contributed by atoms with Crippen molar-refractivity contribution in [3.8, 4) is 0 Å². The molecule has 2 aliphatic rings. The Bertz CT molecular complexity index is 233. The Morgan fingerprint density at radius 2 is 2.31 bits per heavy atom. The van der Waals surface area contributed by atoms with Crippen LogP contribution in [0.2, 0.25) is 0 Å². The summed E-state index contributed by atoms with van der Waals surface area (Å²) in [6.07, 6.45) is 4.99. The number of hydrogen-bond donors (Lipinski definition) is 1. The first-order valence-electron chi connectivity index (χ1n) is 4.93. The van der Waals surface area contributed by atoms with E-state index in [9.17, 15) is 4.79 Å². The maximum absolute atomic E-state index is 11.6. The topological polar surface area (TPSA) is 32.3 Å². The second-order valence-electron chi connectivity index (χ2n) is 3.95. The number of piperazine rings is 1. The molecule has 0 aromatic carbocycles. The maximum atomic E-state index is 11.6. The van der Waals surface area contributed by atoms with Crippen molar-refractivity contribution >= 4 is 5.91 Å². The van der Waals surface area contributed by atoms with Crippen LogP contribution in [-0.2, 0) is 4.79 Å². The molecule has 1 aliphatic heterocycles. The first-order chi connectivity index (χ1) is 6.28. The molecule has 72 valence electrons. The number of nitrogens with one attached hydrogen (secondary N) is 1. The van der Waals surface area contributed by atoms with Crippen molar-refractivity contribution in [1.29, 1.82) is 0 Å². The molecular weight excluding hydrogens is 164 g/mol. The number of carbonyl (C=O) groups is 1. The van der Waals surface area contributed by atoms with Gasteiger partial charge in [0.15, 0.2) is 0 Å². The molecule has 2 fully saturated rings. The summed E-state index contributed by atoms with van der Waals surface area (Å²) >= 11 is 0. The van der Waals surface area contributed by atoms with E-state index in [1.54, 1.807) is 0 Å². The Hall–Kier alpha value is -0.830. The molecular formula is C10H16N2O. The minimum atomic E-state index is 0.0983. The number of amides is 1. The molecule has 1 saturated carbocycles. The summed E-state index contributed by atoms with van der Waals surface area (Å²) in [6, 6.07) is 0. The molecule has 0 aromatic heterocycles. The van der Waals surface area contributed by atoms with Gasteiger partial charge in [0, 0.05) is 19.6 Å². The van der Waals surface area contributed by atoms with Gasteiger partial charge < -0.3 is 10.2 Å². The van der Waals surface area contributed by atoms with E-state index in [-0.39, 0.29) is 11.4 Å². The first-order valence-corrected chi connectivity index (χ1v) is 4.93. The Morgan fingerprint density at radius 3 is 2.85 bits per heavy atom. The highest BCUT2D eigenvalue weighted by atomic mass is 16.2. The zero-order valence-electron chi connectivity index (χ0n) is 7.88. The summed E-state index contributed by atoms with van der Waals surface area (Å²) in [5.41, 5.74) is 0.142. The van der Waals surface area contributed by atoms with Gasteiger partial charge in [0.2, 0.25) is 5.91 Å². The third-order valence-electron chi connectivity index (χ3n) is 3.26. The number of hydrogen-bond acceptors (Lipinski definition) is 2. The lowest BCUT2D eigenvalue weighted by Gasteiger charge is -2.53. The van der Waals surface area contributed by atoms with Gasteiger partial charge in [0.1, 0.15) is 0 Å². The van der Waals surface area contributed by atoms with E-state index >= 15 is 0 Å². The summed E-state index contributed by atoms with van der Waals surface area (Å²) in [5.74, 6) is 0.0983. The van der Waals surface area contributed by atoms with Crippen LogP contribution < -0.4 is 5.32 Å². The smallest absolute Gasteiger partial charge is 0.246 e. The molecule has 1 amide bonds. The fourth-order valence-corrected chi connectivity index (χ4v) is 2.33. The zero-order chi connectivity index (χ0) is 9.31. The molecule has 0 bridgehead atoms. The van der Waals surface area contributed by atoms with Gasteiger partial charge in [-0.3, -0.25) is 4.79 Å². The Balaban J connectivity index is 2.13. The first kappa shape index (κ1) is 8.75. The van der Waals surface area contributed by atoms with Crippen molar-refractivity contribution in [2.24, 2.45) is 0 Å². The molecule has 13 heavy (non-hydrogen) atoms. The molecule has 1 spiro atoms. The molecule has 0 aromatic rings. The predicted octanol–water partition coefficient (Wildman–Crippen LogP) is 0.527. The van der Waals surface area contributed by atoms with E-state index < -0.39 is 0 Å². The van der Waals surface area contributed by atoms with Gasteiger partial charge in [-0.15, -0.1) is 0 Å². The molecule has 3 nitrogen and oxygen atoms in total. The number of carbonyl (C=O) groups excluding carboxylic acids is 1. The molecule has 1 N–H and O–H groups in total. The van der Waals surface area contributed by atoms with Gasteiger partial charge in [0.05, 0.1) is 5.54 Å².